The highest BCUT2D eigenvalue weighted by Crippen LogP contribution is 2.39. The Hall–Kier alpha value is -4.28. The molecule has 53 heavy (non-hydrogen) atoms. The molecule has 292 valence electrons. The van der Waals surface area contributed by atoms with E-state index in [1.54, 1.807) is 17.1 Å². The van der Waals surface area contributed by atoms with Crippen LogP contribution in [0, 0.1) is 17.8 Å². The topological polar surface area (TPSA) is 261 Å². The van der Waals surface area contributed by atoms with Crippen LogP contribution in [0.3, 0.4) is 0 Å². The first-order valence-electron chi connectivity index (χ1n) is 17.5. The van der Waals surface area contributed by atoms with Gasteiger partial charge in [-0.2, -0.15) is 0 Å². The van der Waals surface area contributed by atoms with Gasteiger partial charge in [-0.15, -0.1) is 0 Å². The van der Waals surface area contributed by atoms with Crippen LogP contribution in [0.5, 0.6) is 0 Å². The average Bonchev–Trinajstić information content (AvgIpc) is 3.74. The van der Waals surface area contributed by atoms with Gasteiger partial charge in [-0.1, -0.05) is 44.2 Å². The summed E-state index contributed by atoms with van der Waals surface area (Å²) >= 11 is 0. The Kier molecular flexibility index (Phi) is 16.0. The molecular weight excluding hydrogens is 711 g/mol. The van der Waals surface area contributed by atoms with E-state index in [9.17, 15) is 48.2 Å². The molecule has 2 aromatic rings. The minimum atomic E-state index is -5.05. The molecule has 4 amide bonds. The van der Waals surface area contributed by atoms with Crippen LogP contribution in [0.25, 0.3) is 0 Å². The van der Waals surface area contributed by atoms with Gasteiger partial charge >= 0.3 is 7.82 Å². The van der Waals surface area contributed by atoms with Crippen molar-refractivity contribution in [2.45, 2.75) is 97.0 Å². The number of amides is 4. The lowest BCUT2D eigenvalue weighted by Gasteiger charge is -2.27. The van der Waals surface area contributed by atoms with Crippen molar-refractivity contribution in [3.63, 3.8) is 0 Å². The first-order chi connectivity index (χ1) is 24.9. The van der Waals surface area contributed by atoms with Gasteiger partial charge in [0.2, 0.25) is 23.6 Å². The lowest BCUT2D eigenvalue weighted by atomic mass is 9.89. The van der Waals surface area contributed by atoms with Crippen LogP contribution in [-0.4, -0.2) is 102 Å². The van der Waals surface area contributed by atoms with E-state index in [0.717, 1.165) is 12.5 Å². The number of rotatable bonds is 21. The Labute approximate surface area is 308 Å². The van der Waals surface area contributed by atoms with Gasteiger partial charge in [0.05, 0.1) is 36.9 Å². The van der Waals surface area contributed by atoms with Crippen molar-refractivity contribution < 1.29 is 52.7 Å². The van der Waals surface area contributed by atoms with Crippen LogP contribution in [0.15, 0.2) is 42.9 Å². The zero-order valence-corrected chi connectivity index (χ0v) is 31.3. The van der Waals surface area contributed by atoms with E-state index >= 15 is 0 Å². The summed E-state index contributed by atoms with van der Waals surface area (Å²) in [4.78, 5) is 103. The number of phosphoric ester groups is 1. The van der Waals surface area contributed by atoms with Gasteiger partial charge in [0.15, 0.2) is 11.6 Å². The molecule has 1 aromatic heterocycles. The predicted molar refractivity (Wildman–Crippen MR) is 190 cm³/mol. The lowest BCUT2D eigenvalue weighted by Crippen LogP contribution is -2.52. The second kappa shape index (κ2) is 19.7. The van der Waals surface area contributed by atoms with E-state index in [-0.39, 0.29) is 31.1 Å². The summed E-state index contributed by atoms with van der Waals surface area (Å²) in [7, 11) is -5.05. The number of likely N-dealkylation sites (tertiary alicyclic amines) is 1. The molecule has 0 spiro atoms. The number of phosphoric acid groups is 1. The van der Waals surface area contributed by atoms with Crippen molar-refractivity contribution in [2.75, 3.05) is 13.2 Å². The van der Waals surface area contributed by atoms with Crippen LogP contribution in [0.2, 0.25) is 0 Å². The number of nitrogens with zero attached hydrogens (tertiary/aromatic N) is 3. The normalized spacial score (nSPS) is 17.4. The van der Waals surface area contributed by atoms with Gasteiger partial charge in [0.1, 0.15) is 12.1 Å². The van der Waals surface area contributed by atoms with Gasteiger partial charge in [-0.3, -0.25) is 33.3 Å². The fourth-order valence-corrected chi connectivity index (χ4v) is 7.01. The quantitative estimate of drug-likeness (QED) is 0.0958. The number of nitrogens with two attached hydrogens (primary N) is 1. The van der Waals surface area contributed by atoms with Gasteiger partial charge in [-0.05, 0) is 37.7 Å². The van der Waals surface area contributed by atoms with Gasteiger partial charge in [0, 0.05) is 51.2 Å². The first kappa shape index (κ1) is 43.1. The minimum Gasteiger partial charge on any atom is -0.394 e. The number of aliphatic hydroxyl groups is 1. The highest BCUT2D eigenvalue weighted by Gasteiger charge is 2.37. The largest absolute Gasteiger partial charge is 0.469 e. The highest BCUT2D eigenvalue weighted by molar-refractivity contribution is 7.46. The number of Topliss-reactive ketones (excluding diaryl/α,β-unsaturated/α-hetero) is 2. The fraction of sp³-hybridized carbons (Fsp3) is 0.571. The summed E-state index contributed by atoms with van der Waals surface area (Å²) in [5, 5.41) is 15.4. The Bertz CT molecular complexity index is 1650. The Balaban J connectivity index is 1.88. The summed E-state index contributed by atoms with van der Waals surface area (Å²) in [6.45, 7) is 6.19. The molecule has 1 aliphatic heterocycles. The zero-order chi connectivity index (χ0) is 39.5. The second-order valence-corrected chi connectivity index (χ2v) is 15.0. The van der Waals surface area contributed by atoms with Crippen molar-refractivity contribution in [3.8, 4) is 0 Å². The highest BCUT2D eigenvalue weighted by atomic mass is 31.2. The standard InChI is InChI=1S/C35H51N6O11P/c1-21(2)13-28(38-35(48)30-11-8-12-41(30)23(4)43)31(44)15-25(14-26-17-37-20-40(26)18-24-9-6-5-7-10-24)34(47)39-29(19-42)32(45)16-27(33(36)46)22(3)52-53(49,50)51/h5-7,9-10,17,20-22,25,27-30,42H,8,11-16,18-19H2,1-4H3,(H2,36,46)(H,38,48)(H,39,47)(H2,49,50,51)/t22-,25-,27+,28+,29+,30+/m1/s1. The van der Waals surface area contributed by atoms with E-state index in [1.807, 2.05) is 44.2 Å². The molecular formula is C35H51N6O11P. The fourth-order valence-electron chi connectivity index (χ4n) is 6.43. The summed E-state index contributed by atoms with van der Waals surface area (Å²) in [6.07, 6.45) is 1.83. The smallest absolute Gasteiger partial charge is 0.394 e. The molecule has 1 aromatic carbocycles. The number of ketones is 2. The average molecular weight is 763 g/mol. The van der Waals surface area contributed by atoms with Crippen LogP contribution < -0.4 is 16.4 Å². The Morgan fingerprint density at radius 2 is 1.68 bits per heavy atom. The van der Waals surface area contributed by atoms with Crippen molar-refractivity contribution >= 4 is 43.0 Å². The Morgan fingerprint density at radius 1 is 1.02 bits per heavy atom. The SMILES string of the molecule is CC(=O)N1CCC[C@H]1C(=O)N[C@@H](CC(C)C)C(=O)C[C@@H](Cc1cncn1Cc1ccccc1)C(=O)N[C@@H](CO)C(=O)C[C@H](C(N)=O)[C@@H](C)OP(=O)(O)O. The summed E-state index contributed by atoms with van der Waals surface area (Å²) < 4.78 is 17.7. The van der Waals surface area contributed by atoms with Gasteiger partial charge in [0.25, 0.3) is 0 Å². The van der Waals surface area contributed by atoms with Crippen molar-refractivity contribution in [2.24, 2.45) is 23.5 Å². The number of carbonyl (C=O) groups excluding carboxylic acids is 6. The van der Waals surface area contributed by atoms with Crippen molar-refractivity contribution in [1.29, 1.82) is 0 Å². The van der Waals surface area contributed by atoms with E-state index < -0.39 is 86.2 Å². The molecule has 0 aliphatic carbocycles. The summed E-state index contributed by atoms with van der Waals surface area (Å²) in [5.41, 5.74) is 6.91. The Morgan fingerprint density at radius 3 is 2.26 bits per heavy atom. The van der Waals surface area contributed by atoms with Crippen molar-refractivity contribution in [3.05, 3.63) is 54.1 Å². The van der Waals surface area contributed by atoms with E-state index in [2.05, 4.69) is 20.1 Å². The number of benzene rings is 1. The molecule has 1 saturated heterocycles. The maximum absolute atomic E-state index is 14.0. The lowest BCUT2D eigenvalue weighted by molar-refractivity contribution is -0.138. The maximum atomic E-state index is 14.0. The van der Waals surface area contributed by atoms with Crippen LogP contribution in [0.1, 0.15) is 71.1 Å². The number of aliphatic hydroxyl groups excluding tert-OH is 1. The van der Waals surface area contributed by atoms with Gasteiger partial charge < -0.3 is 40.7 Å². The molecule has 0 saturated carbocycles. The van der Waals surface area contributed by atoms with Gasteiger partial charge in [-0.25, -0.2) is 9.55 Å². The first-order valence-corrected chi connectivity index (χ1v) is 19.0. The molecule has 0 bridgehead atoms. The predicted octanol–water partition coefficient (Wildman–Crippen LogP) is 0.627. The second-order valence-electron chi connectivity index (χ2n) is 13.9. The molecule has 2 heterocycles. The van der Waals surface area contributed by atoms with Crippen LogP contribution >= 0.6 is 7.82 Å². The molecule has 1 fully saturated rings. The van der Waals surface area contributed by atoms with Crippen molar-refractivity contribution in [1.82, 2.24) is 25.1 Å². The molecule has 3 rings (SSSR count). The summed E-state index contributed by atoms with van der Waals surface area (Å²) in [5.74, 6) is -6.62. The molecule has 0 radical (unpaired) electrons. The molecule has 18 heteroatoms. The van der Waals surface area contributed by atoms with Crippen LogP contribution in [-0.2, 0) is 50.8 Å². The van der Waals surface area contributed by atoms with E-state index in [0.29, 0.717) is 31.6 Å². The maximum Gasteiger partial charge on any atom is 0.469 e. The number of aromatic nitrogens is 2. The molecule has 0 unspecified atom stereocenters. The number of hydrogen-bond acceptors (Lipinski definition) is 10. The summed E-state index contributed by atoms with van der Waals surface area (Å²) in [6, 6.07) is 6.15. The van der Waals surface area contributed by atoms with E-state index in [4.69, 9.17) is 5.73 Å². The zero-order valence-electron chi connectivity index (χ0n) is 30.4. The molecule has 6 atom stereocenters. The minimum absolute atomic E-state index is 0.0309. The number of imidazole rings is 1. The number of nitrogens with one attached hydrogen (secondary N) is 2. The van der Waals surface area contributed by atoms with E-state index in [1.165, 1.54) is 11.8 Å². The molecule has 7 N–H and O–H groups in total. The van der Waals surface area contributed by atoms with Crippen LogP contribution in [0.4, 0.5) is 0 Å². The monoisotopic (exact) mass is 762 g/mol. The number of primary amides is 1. The number of hydrogen-bond donors (Lipinski definition) is 6. The third kappa shape index (κ3) is 13.3. The third-order valence-corrected chi connectivity index (χ3v) is 9.79. The number of carbonyl (C=O) groups is 6. The molecule has 1 aliphatic rings. The third-order valence-electron chi connectivity index (χ3n) is 9.18. The molecule has 17 nitrogen and oxygen atoms in total.